The zero-order valence-corrected chi connectivity index (χ0v) is 12.4. The lowest BCUT2D eigenvalue weighted by atomic mass is 9.99. The van der Waals surface area contributed by atoms with Crippen molar-refractivity contribution in [1.82, 2.24) is 10.2 Å². The third kappa shape index (κ3) is 4.08. The van der Waals surface area contributed by atoms with Gasteiger partial charge in [0.25, 0.3) is 5.91 Å². The highest BCUT2D eigenvalue weighted by Crippen LogP contribution is 2.17. The molecule has 5 heteroatoms. The lowest BCUT2D eigenvalue weighted by Crippen LogP contribution is -2.43. The molecule has 0 spiro atoms. The molecule has 0 bridgehead atoms. The van der Waals surface area contributed by atoms with E-state index < -0.39 is 0 Å². The van der Waals surface area contributed by atoms with E-state index in [0.29, 0.717) is 25.6 Å². The second-order valence-electron chi connectivity index (χ2n) is 5.28. The molecule has 0 radical (unpaired) electrons. The Balaban J connectivity index is 1.84. The summed E-state index contributed by atoms with van der Waals surface area (Å²) in [4.78, 5) is 18.3. The standard InChI is InChI=1S/C16H22N4O/c1-12(2)11-19-16(17)18-8-10-20-9-7-13-5-3-4-6-14(13)15(20)21/h3-6H,1,7-11H2,2H3,(H3,17,18,19). The van der Waals surface area contributed by atoms with Crippen LogP contribution >= 0.6 is 0 Å². The molecule has 0 aliphatic carbocycles. The molecule has 2 rings (SSSR count). The molecule has 112 valence electrons. The van der Waals surface area contributed by atoms with Gasteiger partial charge < -0.3 is 16.0 Å². The zero-order chi connectivity index (χ0) is 15.2. The molecule has 1 aliphatic heterocycles. The highest BCUT2D eigenvalue weighted by atomic mass is 16.2. The third-order valence-electron chi connectivity index (χ3n) is 3.39. The van der Waals surface area contributed by atoms with Gasteiger partial charge in [-0.1, -0.05) is 30.4 Å². The quantitative estimate of drug-likeness (QED) is 0.485. The molecule has 1 heterocycles. The van der Waals surface area contributed by atoms with Gasteiger partial charge in [-0.25, -0.2) is 4.99 Å². The van der Waals surface area contributed by atoms with Crippen molar-refractivity contribution in [2.45, 2.75) is 13.3 Å². The maximum Gasteiger partial charge on any atom is 0.254 e. The molecule has 21 heavy (non-hydrogen) atoms. The summed E-state index contributed by atoms with van der Waals surface area (Å²) < 4.78 is 0. The molecule has 1 amide bonds. The first-order valence-corrected chi connectivity index (χ1v) is 7.13. The number of amides is 1. The molecule has 0 saturated heterocycles. The molecule has 1 aromatic carbocycles. The summed E-state index contributed by atoms with van der Waals surface area (Å²) in [5.74, 6) is 0.485. The highest BCUT2D eigenvalue weighted by molar-refractivity contribution is 5.96. The molecular formula is C16H22N4O. The number of hydrogen-bond donors (Lipinski definition) is 2. The molecule has 0 unspecified atom stereocenters. The van der Waals surface area contributed by atoms with Gasteiger partial charge in [0.05, 0.1) is 6.54 Å². The first-order chi connectivity index (χ1) is 10.1. The summed E-state index contributed by atoms with van der Waals surface area (Å²) in [7, 11) is 0. The average molecular weight is 286 g/mol. The number of fused-ring (bicyclic) bond motifs is 1. The highest BCUT2D eigenvalue weighted by Gasteiger charge is 2.23. The number of nitrogens with one attached hydrogen (secondary N) is 1. The predicted octanol–water partition coefficient (Wildman–Crippen LogP) is 1.17. The SMILES string of the molecule is C=C(C)CN=C(N)NCCN1CCc2ccccc2C1=O. The minimum atomic E-state index is 0.0936. The first kappa shape index (κ1) is 15.1. The maximum absolute atomic E-state index is 12.3. The summed E-state index contributed by atoms with van der Waals surface area (Å²) >= 11 is 0. The van der Waals surface area contributed by atoms with Crippen LogP contribution in [0.3, 0.4) is 0 Å². The molecular weight excluding hydrogens is 264 g/mol. The topological polar surface area (TPSA) is 70.7 Å². The fourth-order valence-electron chi connectivity index (χ4n) is 2.28. The fourth-order valence-corrected chi connectivity index (χ4v) is 2.28. The van der Waals surface area contributed by atoms with E-state index in [1.54, 1.807) is 0 Å². The number of hydrogen-bond acceptors (Lipinski definition) is 2. The Morgan fingerprint density at radius 3 is 3.00 bits per heavy atom. The fraction of sp³-hybridized carbons (Fsp3) is 0.375. The molecule has 0 fully saturated rings. The maximum atomic E-state index is 12.3. The number of carbonyl (C=O) groups is 1. The zero-order valence-electron chi connectivity index (χ0n) is 12.4. The molecule has 3 N–H and O–H groups in total. The summed E-state index contributed by atoms with van der Waals surface area (Å²) in [6.07, 6.45) is 0.904. The molecule has 5 nitrogen and oxygen atoms in total. The van der Waals surface area contributed by atoms with Crippen molar-refractivity contribution in [3.63, 3.8) is 0 Å². The van der Waals surface area contributed by atoms with Crippen LogP contribution in [0.4, 0.5) is 0 Å². The van der Waals surface area contributed by atoms with Gasteiger partial charge in [0.15, 0.2) is 5.96 Å². The molecule has 0 saturated carbocycles. The Kier molecular flexibility index (Phi) is 4.98. The Labute approximate surface area is 125 Å². The minimum absolute atomic E-state index is 0.0936. The summed E-state index contributed by atoms with van der Waals surface area (Å²) in [5.41, 5.74) is 8.65. The number of nitrogens with two attached hydrogens (primary N) is 1. The van der Waals surface area contributed by atoms with E-state index in [1.807, 2.05) is 36.1 Å². The Bertz CT molecular complexity index is 565. The van der Waals surface area contributed by atoms with Crippen LogP contribution in [0.2, 0.25) is 0 Å². The Hall–Kier alpha value is -2.30. The number of guanidine groups is 1. The van der Waals surface area contributed by atoms with Crippen molar-refractivity contribution in [1.29, 1.82) is 0 Å². The second-order valence-corrected chi connectivity index (χ2v) is 5.28. The number of nitrogens with zero attached hydrogens (tertiary/aromatic N) is 2. The van der Waals surface area contributed by atoms with Crippen molar-refractivity contribution in [3.05, 3.63) is 47.5 Å². The van der Waals surface area contributed by atoms with E-state index in [4.69, 9.17) is 5.73 Å². The van der Waals surface area contributed by atoms with Crippen molar-refractivity contribution < 1.29 is 4.79 Å². The van der Waals surface area contributed by atoms with Gasteiger partial charge in [-0.3, -0.25) is 4.79 Å². The van der Waals surface area contributed by atoms with Crippen LogP contribution in [0.25, 0.3) is 0 Å². The molecule has 0 aromatic heterocycles. The van der Waals surface area contributed by atoms with Crippen LogP contribution < -0.4 is 11.1 Å². The first-order valence-electron chi connectivity index (χ1n) is 7.13. The van der Waals surface area contributed by atoms with E-state index in [0.717, 1.165) is 29.7 Å². The van der Waals surface area contributed by atoms with Gasteiger partial charge >= 0.3 is 0 Å². The summed E-state index contributed by atoms with van der Waals surface area (Å²) in [6, 6.07) is 7.79. The van der Waals surface area contributed by atoms with Crippen LogP contribution in [0.1, 0.15) is 22.8 Å². The number of aliphatic imine (C=N–C) groups is 1. The van der Waals surface area contributed by atoms with Crippen molar-refractivity contribution in [2.75, 3.05) is 26.2 Å². The number of benzene rings is 1. The van der Waals surface area contributed by atoms with E-state index in [9.17, 15) is 4.79 Å². The van der Waals surface area contributed by atoms with Crippen LogP contribution in [0.15, 0.2) is 41.4 Å². The smallest absolute Gasteiger partial charge is 0.254 e. The lowest BCUT2D eigenvalue weighted by molar-refractivity contribution is 0.0743. The van der Waals surface area contributed by atoms with Gasteiger partial charge in [-0.15, -0.1) is 0 Å². The molecule has 1 aliphatic rings. The van der Waals surface area contributed by atoms with E-state index in [-0.39, 0.29) is 5.91 Å². The van der Waals surface area contributed by atoms with Gasteiger partial charge in [-0.2, -0.15) is 0 Å². The number of rotatable bonds is 5. The van der Waals surface area contributed by atoms with E-state index in [2.05, 4.69) is 16.9 Å². The summed E-state index contributed by atoms with van der Waals surface area (Å²) in [6.45, 7) is 8.16. The predicted molar refractivity (Wildman–Crippen MR) is 85.4 cm³/mol. The lowest BCUT2D eigenvalue weighted by Gasteiger charge is -2.28. The summed E-state index contributed by atoms with van der Waals surface area (Å²) in [5, 5.41) is 3.02. The number of carbonyl (C=O) groups excluding carboxylic acids is 1. The minimum Gasteiger partial charge on any atom is -0.370 e. The Morgan fingerprint density at radius 2 is 2.24 bits per heavy atom. The van der Waals surface area contributed by atoms with Gasteiger partial charge in [-0.05, 0) is 25.0 Å². The largest absolute Gasteiger partial charge is 0.370 e. The average Bonchev–Trinajstić information content (AvgIpc) is 2.48. The van der Waals surface area contributed by atoms with Crippen LogP contribution in [0.5, 0.6) is 0 Å². The van der Waals surface area contributed by atoms with Crippen molar-refractivity contribution >= 4 is 11.9 Å². The third-order valence-corrected chi connectivity index (χ3v) is 3.39. The molecule has 1 aromatic rings. The second kappa shape index (κ2) is 6.92. The van der Waals surface area contributed by atoms with Gasteiger partial charge in [0.1, 0.15) is 0 Å². The Morgan fingerprint density at radius 1 is 1.48 bits per heavy atom. The van der Waals surface area contributed by atoms with E-state index in [1.165, 1.54) is 0 Å². The monoisotopic (exact) mass is 286 g/mol. The van der Waals surface area contributed by atoms with Crippen LogP contribution in [-0.4, -0.2) is 42.9 Å². The normalized spacial score (nSPS) is 14.8. The van der Waals surface area contributed by atoms with Gasteiger partial charge in [0, 0.05) is 25.2 Å². The molecule has 0 atom stereocenters. The van der Waals surface area contributed by atoms with Crippen LogP contribution in [-0.2, 0) is 6.42 Å². The van der Waals surface area contributed by atoms with Gasteiger partial charge in [0.2, 0.25) is 0 Å². The van der Waals surface area contributed by atoms with E-state index >= 15 is 0 Å². The van der Waals surface area contributed by atoms with Crippen molar-refractivity contribution in [2.24, 2.45) is 10.7 Å². The van der Waals surface area contributed by atoms with Crippen molar-refractivity contribution in [3.8, 4) is 0 Å². The van der Waals surface area contributed by atoms with Crippen LogP contribution in [0, 0.1) is 0 Å².